The van der Waals surface area contributed by atoms with Crippen LogP contribution >= 0.6 is 0 Å². The molecular weight excluding hydrogens is 368 g/mol. The summed E-state index contributed by atoms with van der Waals surface area (Å²) < 4.78 is 2.04. The van der Waals surface area contributed by atoms with Gasteiger partial charge in [0, 0.05) is 45.0 Å². The van der Waals surface area contributed by atoms with E-state index in [1.165, 1.54) is 0 Å². The van der Waals surface area contributed by atoms with Crippen LogP contribution in [-0.4, -0.2) is 60.4 Å². The fraction of sp³-hybridized carbons (Fsp3) is 0.500. The van der Waals surface area contributed by atoms with Crippen molar-refractivity contribution < 1.29 is 4.79 Å². The molecule has 9 heteroatoms. The minimum absolute atomic E-state index is 0.0632. The highest BCUT2D eigenvalue weighted by molar-refractivity contribution is 5.86. The first-order valence-corrected chi connectivity index (χ1v) is 9.95. The van der Waals surface area contributed by atoms with Crippen LogP contribution in [0.3, 0.4) is 0 Å². The van der Waals surface area contributed by atoms with Crippen molar-refractivity contribution in [3.05, 3.63) is 24.5 Å². The molecule has 0 spiro atoms. The van der Waals surface area contributed by atoms with Crippen LogP contribution in [0.4, 0.5) is 5.82 Å². The molecule has 1 aliphatic rings. The maximum Gasteiger partial charge on any atom is 0.225 e. The van der Waals surface area contributed by atoms with Crippen molar-refractivity contribution in [3.8, 4) is 11.4 Å². The van der Waals surface area contributed by atoms with E-state index in [-0.39, 0.29) is 17.9 Å². The zero-order chi connectivity index (χ0) is 20.5. The molecule has 1 saturated carbocycles. The highest BCUT2D eigenvalue weighted by atomic mass is 16.2. The molecule has 1 N–H and O–H groups in total. The van der Waals surface area contributed by atoms with Crippen LogP contribution in [0.2, 0.25) is 0 Å². The lowest BCUT2D eigenvalue weighted by molar-refractivity contribution is -0.132. The summed E-state index contributed by atoms with van der Waals surface area (Å²) in [6.07, 6.45) is 7.75. The minimum Gasteiger partial charge on any atom is -0.365 e. The molecule has 0 saturated heterocycles. The molecule has 0 bridgehead atoms. The molecule has 2 unspecified atom stereocenters. The molecule has 152 valence electrons. The van der Waals surface area contributed by atoms with Gasteiger partial charge in [-0.3, -0.25) is 4.79 Å². The standard InChI is InChI=1S/C20H26N8O/c1-5-28-18(14-9-21-12(2)22-10-14)26-16-17(23-11-24-19(16)28)25-15-7-6-13(8-15)20(29)27(3)4/h9-11,13,15H,5-8H2,1-4H3,(H,23,24,25). The quantitative estimate of drug-likeness (QED) is 0.708. The van der Waals surface area contributed by atoms with Gasteiger partial charge in [-0.15, -0.1) is 0 Å². The third kappa shape index (κ3) is 3.64. The SMILES string of the molecule is CCn1c(-c2cnc(C)nc2)nc2c(NC3CCC(C(=O)N(C)C)C3)ncnc21. The number of hydrogen-bond acceptors (Lipinski definition) is 7. The highest BCUT2D eigenvalue weighted by Gasteiger charge is 2.31. The van der Waals surface area contributed by atoms with Gasteiger partial charge in [-0.1, -0.05) is 0 Å². The molecule has 0 aliphatic heterocycles. The van der Waals surface area contributed by atoms with Gasteiger partial charge in [0.15, 0.2) is 17.0 Å². The van der Waals surface area contributed by atoms with E-state index in [0.29, 0.717) is 5.82 Å². The second-order valence-electron chi connectivity index (χ2n) is 7.68. The fourth-order valence-electron chi connectivity index (χ4n) is 3.97. The van der Waals surface area contributed by atoms with Gasteiger partial charge >= 0.3 is 0 Å². The first kappa shape index (κ1) is 19.2. The van der Waals surface area contributed by atoms with Crippen LogP contribution < -0.4 is 5.32 Å². The number of nitrogens with zero attached hydrogens (tertiary/aromatic N) is 7. The summed E-state index contributed by atoms with van der Waals surface area (Å²) in [7, 11) is 3.62. The van der Waals surface area contributed by atoms with Gasteiger partial charge < -0.3 is 14.8 Å². The summed E-state index contributed by atoms with van der Waals surface area (Å²) in [5.74, 6) is 2.46. The number of amides is 1. The van der Waals surface area contributed by atoms with Gasteiger partial charge in [-0.2, -0.15) is 0 Å². The highest BCUT2D eigenvalue weighted by Crippen LogP contribution is 2.31. The van der Waals surface area contributed by atoms with Crippen molar-refractivity contribution in [2.45, 2.75) is 45.7 Å². The molecule has 1 amide bonds. The van der Waals surface area contributed by atoms with E-state index in [9.17, 15) is 4.79 Å². The molecule has 1 fully saturated rings. The van der Waals surface area contributed by atoms with Crippen LogP contribution in [0.1, 0.15) is 32.0 Å². The summed E-state index contributed by atoms with van der Waals surface area (Å²) in [5, 5.41) is 3.50. The molecule has 3 aromatic rings. The number of carbonyl (C=O) groups excluding carboxylic acids is 1. The van der Waals surface area contributed by atoms with E-state index in [2.05, 4.69) is 32.2 Å². The van der Waals surface area contributed by atoms with E-state index >= 15 is 0 Å². The third-order valence-electron chi connectivity index (χ3n) is 5.45. The van der Waals surface area contributed by atoms with E-state index in [1.54, 1.807) is 23.6 Å². The van der Waals surface area contributed by atoms with Crippen molar-refractivity contribution in [2.75, 3.05) is 19.4 Å². The monoisotopic (exact) mass is 394 g/mol. The first-order valence-electron chi connectivity index (χ1n) is 9.95. The fourth-order valence-corrected chi connectivity index (χ4v) is 3.97. The minimum atomic E-state index is 0.0632. The Hall–Kier alpha value is -3.10. The van der Waals surface area contributed by atoms with E-state index < -0.39 is 0 Å². The van der Waals surface area contributed by atoms with Gasteiger partial charge in [0.2, 0.25) is 5.91 Å². The molecular formula is C20H26N8O. The molecule has 0 radical (unpaired) electrons. The lowest BCUT2D eigenvalue weighted by Gasteiger charge is -2.17. The number of imidazole rings is 1. The maximum absolute atomic E-state index is 12.3. The predicted molar refractivity (Wildman–Crippen MR) is 110 cm³/mol. The zero-order valence-corrected chi connectivity index (χ0v) is 17.3. The Kier molecular flexibility index (Phi) is 5.12. The number of rotatable bonds is 5. The van der Waals surface area contributed by atoms with Crippen molar-refractivity contribution in [2.24, 2.45) is 5.92 Å². The van der Waals surface area contributed by atoms with E-state index in [0.717, 1.165) is 54.2 Å². The average Bonchev–Trinajstić information content (AvgIpc) is 3.33. The van der Waals surface area contributed by atoms with Gasteiger partial charge in [0.25, 0.3) is 0 Å². The number of carbonyl (C=O) groups is 1. The second-order valence-corrected chi connectivity index (χ2v) is 7.68. The van der Waals surface area contributed by atoms with Crippen molar-refractivity contribution in [1.82, 2.24) is 34.4 Å². The van der Waals surface area contributed by atoms with E-state index in [4.69, 9.17) is 4.98 Å². The topological polar surface area (TPSA) is 102 Å². The number of aryl methyl sites for hydroxylation is 2. The number of anilines is 1. The van der Waals surface area contributed by atoms with Crippen LogP contribution in [0.15, 0.2) is 18.7 Å². The number of nitrogens with one attached hydrogen (secondary N) is 1. The summed E-state index contributed by atoms with van der Waals surface area (Å²) in [5.41, 5.74) is 2.35. The Morgan fingerprint density at radius 2 is 1.97 bits per heavy atom. The molecule has 29 heavy (non-hydrogen) atoms. The van der Waals surface area contributed by atoms with Crippen molar-refractivity contribution >= 4 is 22.9 Å². The Morgan fingerprint density at radius 1 is 1.21 bits per heavy atom. The lowest BCUT2D eigenvalue weighted by atomic mass is 10.1. The number of fused-ring (bicyclic) bond motifs is 1. The number of hydrogen-bond donors (Lipinski definition) is 1. The molecule has 0 aromatic carbocycles. The first-order chi connectivity index (χ1) is 14.0. The van der Waals surface area contributed by atoms with Gasteiger partial charge in [-0.25, -0.2) is 24.9 Å². The Bertz CT molecular complexity index is 1030. The Labute approximate surface area is 169 Å². The molecule has 9 nitrogen and oxygen atoms in total. The van der Waals surface area contributed by atoms with Gasteiger partial charge in [-0.05, 0) is 33.1 Å². The molecule has 2 atom stereocenters. The maximum atomic E-state index is 12.3. The van der Waals surface area contributed by atoms with Gasteiger partial charge in [0.05, 0.1) is 5.56 Å². The summed E-state index contributed by atoms with van der Waals surface area (Å²) in [6, 6.07) is 0.194. The average molecular weight is 394 g/mol. The second kappa shape index (κ2) is 7.73. The van der Waals surface area contributed by atoms with Gasteiger partial charge in [0.1, 0.15) is 18.0 Å². The normalized spacial score (nSPS) is 18.9. The summed E-state index contributed by atoms with van der Waals surface area (Å²) in [6.45, 7) is 4.64. The summed E-state index contributed by atoms with van der Waals surface area (Å²) in [4.78, 5) is 36.3. The summed E-state index contributed by atoms with van der Waals surface area (Å²) >= 11 is 0. The largest absolute Gasteiger partial charge is 0.365 e. The molecule has 1 aliphatic carbocycles. The third-order valence-corrected chi connectivity index (χ3v) is 5.45. The molecule has 3 heterocycles. The smallest absolute Gasteiger partial charge is 0.225 e. The zero-order valence-electron chi connectivity index (χ0n) is 17.3. The van der Waals surface area contributed by atoms with Crippen molar-refractivity contribution in [3.63, 3.8) is 0 Å². The Balaban J connectivity index is 1.64. The van der Waals surface area contributed by atoms with Crippen LogP contribution in [-0.2, 0) is 11.3 Å². The van der Waals surface area contributed by atoms with Crippen molar-refractivity contribution in [1.29, 1.82) is 0 Å². The lowest BCUT2D eigenvalue weighted by Crippen LogP contribution is -2.29. The Morgan fingerprint density at radius 3 is 2.66 bits per heavy atom. The van der Waals surface area contributed by atoms with Crippen LogP contribution in [0, 0.1) is 12.8 Å². The van der Waals surface area contributed by atoms with Crippen LogP contribution in [0.5, 0.6) is 0 Å². The van der Waals surface area contributed by atoms with Crippen LogP contribution in [0.25, 0.3) is 22.6 Å². The number of aromatic nitrogens is 6. The molecule has 3 aromatic heterocycles. The van der Waals surface area contributed by atoms with E-state index in [1.807, 2.05) is 25.6 Å². The predicted octanol–water partition coefficient (Wildman–Crippen LogP) is 2.28. The molecule has 4 rings (SSSR count).